The number of hydrogen-bond acceptors (Lipinski definition) is 2. The summed E-state index contributed by atoms with van der Waals surface area (Å²) in [7, 11) is 0. The quantitative estimate of drug-likeness (QED) is 0.730. The molecule has 0 aromatic heterocycles. The molecule has 0 bridgehead atoms. The van der Waals surface area contributed by atoms with Crippen LogP contribution in [0.15, 0.2) is 40.7 Å². The molecule has 0 amide bonds. The van der Waals surface area contributed by atoms with Gasteiger partial charge in [-0.1, -0.05) is 40.7 Å². The van der Waals surface area contributed by atoms with E-state index in [4.69, 9.17) is 5.73 Å². The zero-order valence-corrected chi connectivity index (χ0v) is 11.8. The summed E-state index contributed by atoms with van der Waals surface area (Å²) in [5, 5.41) is 0. The first-order chi connectivity index (χ1) is 8.15. The Bertz CT molecular complexity index is 322. The molecule has 2 nitrogen and oxygen atoms in total. The molecule has 96 valence electrons. The van der Waals surface area contributed by atoms with Crippen LogP contribution in [0.1, 0.15) is 41.0 Å². The third kappa shape index (κ3) is 5.53. The third-order valence-electron chi connectivity index (χ3n) is 2.93. The summed E-state index contributed by atoms with van der Waals surface area (Å²) < 4.78 is 0. The maximum absolute atomic E-state index is 6.07. The van der Waals surface area contributed by atoms with Gasteiger partial charge < -0.3 is 5.73 Å². The van der Waals surface area contributed by atoms with Crippen molar-refractivity contribution < 1.29 is 0 Å². The van der Waals surface area contributed by atoms with Crippen molar-refractivity contribution in [2.45, 2.75) is 41.0 Å². The molecule has 0 aromatic carbocycles. The lowest BCUT2D eigenvalue weighted by atomic mass is 9.91. The SMILES string of the molecule is CC.CCC1=C/C=N/C=C\C(C)C(C)/C(N)=C\1. The van der Waals surface area contributed by atoms with Crippen LogP contribution in [-0.4, -0.2) is 6.21 Å². The first kappa shape index (κ1) is 15.7. The second-order valence-electron chi connectivity index (χ2n) is 4.03. The molecule has 1 rings (SSSR count). The van der Waals surface area contributed by atoms with Gasteiger partial charge in [0.2, 0.25) is 0 Å². The second kappa shape index (κ2) is 8.80. The smallest absolute Gasteiger partial charge is 0.0270 e. The largest absolute Gasteiger partial charge is 0.402 e. The summed E-state index contributed by atoms with van der Waals surface area (Å²) in [6.07, 6.45) is 10.8. The lowest BCUT2D eigenvalue weighted by Crippen LogP contribution is -2.15. The molecule has 0 saturated carbocycles. The molecule has 0 saturated heterocycles. The van der Waals surface area contributed by atoms with Crippen LogP contribution < -0.4 is 5.73 Å². The Labute approximate surface area is 106 Å². The van der Waals surface area contributed by atoms with Gasteiger partial charge in [-0.15, -0.1) is 0 Å². The molecule has 1 heterocycles. The summed E-state index contributed by atoms with van der Waals surface area (Å²) in [4.78, 5) is 4.19. The summed E-state index contributed by atoms with van der Waals surface area (Å²) in [5.74, 6) is 0.791. The highest BCUT2D eigenvalue weighted by molar-refractivity contribution is 5.73. The van der Waals surface area contributed by atoms with Gasteiger partial charge in [-0.05, 0) is 30.1 Å². The van der Waals surface area contributed by atoms with Crippen molar-refractivity contribution in [3.05, 3.63) is 35.7 Å². The van der Waals surface area contributed by atoms with Gasteiger partial charge in [0.1, 0.15) is 0 Å². The number of nitrogens with zero attached hydrogens (tertiary/aromatic N) is 1. The van der Waals surface area contributed by atoms with E-state index in [1.54, 1.807) is 0 Å². The van der Waals surface area contributed by atoms with Gasteiger partial charge in [0.25, 0.3) is 0 Å². The van der Waals surface area contributed by atoms with Crippen LogP contribution in [0, 0.1) is 11.8 Å². The van der Waals surface area contributed by atoms with E-state index in [0.29, 0.717) is 11.8 Å². The van der Waals surface area contributed by atoms with E-state index in [1.165, 1.54) is 5.57 Å². The molecule has 1 aliphatic heterocycles. The highest BCUT2D eigenvalue weighted by Gasteiger charge is 2.12. The Kier molecular flexibility index (Phi) is 8.12. The van der Waals surface area contributed by atoms with E-state index >= 15 is 0 Å². The Morgan fingerprint density at radius 1 is 1.29 bits per heavy atom. The fraction of sp³-hybridized carbons (Fsp3) is 0.533. The van der Waals surface area contributed by atoms with Gasteiger partial charge in [0.15, 0.2) is 0 Å². The van der Waals surface area contributed by atoms with Crippen molar-refractivity contribution in [2.75, 3.05) is 0 Å². The summed E-state index contributed by atoms with van der Waals surface area (Å²) in [6.45, 7) is 10.4. The van der Waals surface area contributed by atoms with Crippen molar-refractivity contribution in [3.63, 3.8) is 0 Å². The van der Waals surface area contributed by atoms with Crippen molar-refractivity contribution >= 4 is 6.21 Å². The van der Waals surface area contributed by atoms with Crippen molar-refractivity contribution in [1.82, 2.24) is 0 Å². The van der Waals surface area contributed by atoms with Crippen LogP contribution >= 0.6 is 0 Å². The van der Waals surface area contributed by atoms with Crippen LogP contribution in [0.3, 0.4) is 0 Å². The second-order valence-corrected chi connectivity index (χ2v) is 4.03. The van der Waals surface area contributed by atoms with E-state index in [1.807, 2.05) is 32.3 Å². The topological polar surface area (TPSA) is 38.4 Å². The maximum Gasteiger partial charge on any atom is 0.0270 e. The lowest BCUT2D eigenvalue weighted by molar-refractivity contribution is 0.523. The molecular formula is C15H26N2. The van der Waals surface area contributed by atoms with Gasteiger partial charge >= 0.3 is 0 Å². The minimum Gasteiger partial charge on any atom is -0.402 e. The predicted molar refractivity (Wildman–Crippen MR) is 78.0 cm³/mol. The zero-order valence-electron chi connectivity index (χ0n) is 11.8. The first-order valence-electron chi connectivity index (χ1n) is 6.51. The molecule has 0 radical (unpaired) electrons. The van der Waals surface area contributed by atoms with E-state index < -0.39 is 0 Å². The Hall–Kier alpha value is -1.31. The lowest BCUT2D eigenvalue weighted by Gasteiger charge is -2.17. The number of aliphatic imine (C=N–C) groups is 1. The van der Waals surface area contributed by atoms with E-state index in [9.17, 15) is 0 Å². The third-order valence-corrected chi connectivity index (χ3v) is 2.93. The molecule has 2 heteroatoms. The maximum atomic E-state index is 6.07. The number of nitrogens with two attached hydrogens (primary N) is 1. The van der Waals surface area contributed by atoms with Gasteiger partial charge in [-0.25, -0.2) is 0 Å². The molecule has 0 fully saturated rings. The monoisotopic (exact) mass is 234 g/mol. The number of allylic oxidation sites excluding steroid dienone is 5. The Morgan fingerprint density at radius 3 is 2.53 bits per heavy atom. The van der Waals surface area contributed by atoms with Crippen LogP contribution in [0.4, 0.5) is 0 Å². The minimum atomic E-state index is 0.365. The molecule has 2 atom stereocenters. The molecule has 0 aliphatic carbocycles. The summed E-state index contributed by atoms with van der Waals surface area (Å²) in [5.41, 5.74) is 8.25. The van der Waals surface area contributed by atoms with Crippen LogP contribution in [0.2, 0.25) is 0 Å². The van der Waals surface area contributed by atoms with Crippen molar-refractivity contribution in [1.29, 1.82) is 0 Å². The summed E-state index contributed by atoms with van der Waals surface area (Å²) >= 11 is 0. The highest BCUT2D eigenvalue weighted by Crippen LogP contribution is 2.20. The molecule has 1 aliphatic rings. The molecule has 2 unspecified atom stereocenters. The molecule has 0 aromatic rings. The predicted octanol–water partition coefficient (Wildman–Crippen LogP) is 4.06. The van der Waals surface area contributed by atoms with Gasteiger partial charge in [0.05, 0.1) is 0 Å². The van der Waals surface area contributed by atoms with Crippen LogP contribution in [0.5, 0.6) is 0 Å². The van der Waals surface area contributed by atoms with Gasteiger partial charge in [0, 0.05) is 24.0 Å². The van der Waals surface area contributed by atoms with Gasteiger partial charge in [-0.3, -0.25) is 4.99 Å². The standard InChI is InChI=1S/C13H20N2.C2H6/c1-4-12-6-8-15-7-5-10(2)11(3)13(14)9-12;1-2/h5-11H,4,14H2,1-3H3;1-2H3/b7-5-,12-6-,13-9+,15-8+;. The van der Waals surface area contributed by atoms with E-state index in [-0.39, 0.29) is 0 Å². The summed E-state index contributed by atoms with van der Waals surface area (Å²) in [6, 6.07) is 0. The van der Waals surface area contributed by atoms with Crippen molar-refractivity contribution in [3.8, 4) is 0 Å². The normalized spacial score (nSPS) is 34.2. The average Bonchev–Trinajstić information content (AvgIpc) is 2.37. The molecule has 2 N–H and O–H groups in total. The number of hydrogen-bond donors (Lipinski definition) is 1. The molecular weight excluding hydrogens is 208 g/mol. The molecule has 0 spiro atoms. The van der Waals surface area contributed by atoms with Crippen molar-refractivity contribution in [2.24, 2.45) is 22.6 Å². The minimum absolute atomic E-state index is 0.365. The average molecular weight is 234 g/mol. The van der Waals surface area contributed by atoms with Gasteiger partial charge in [-0.2, -0.15) is 0 Å². The highest BCUT2D eigenvalue weighted by atomic mass is 14.7. The fourth-order valence-corrected chi connectivity index (χ4v) is 1.46. The van der Waals surface area contributed by atoms with E-state index in [2.05, 4.69) is 37.9 Å². The van der Waals surface area contributed by atoms with Crippen LogP contribution in [0.25, 0.3) is 0 Å². The first-order valence-corrected chi connectivity index (χ1v) is 6.51. The fourth-order valence-electron chi connectivity index (χ4n) is 1.46. The Morgan fingerprint density at radius 2 is 1.94 bits per heavy atom. The van der Waals surface area contributed by atoms with E-state index in [0.717, 1.165) is 12.1 Å². The van der Waals surface area contributed by atoms with Crippen LogP contribution in [-0.2, 0) is 0 Å². The number of rotatable bonds is 1. The molecule has 17 heavy (non-hydrogen) atoms. The zero-order chi connectivity index (χ0) is 13.3. The Balaban J connectivity index is 0.00000121.